The summed E-state index contributed by atoms with van der Waals surface area (Å²) in [5.74, 6) is -0.200. The van der Waals surface area contributed by atoms with Crippen molar-refractivity contribution >= 4 is 38.7 Å². The van der Waals surface area contributed by atoms with E-state index in [1.54, 1.807) is 25.1 Å². The fourth-order valence-electron chi connectivity index (χ4n) is 5.07. The van der Waals surface area contributed by atoms with Crippen molar-refractivity contribution in [3.05, 3.63) is 95.6 Å². The van der Waals surface area contributed by atoms with Gasteiger partial charge in [-0.1, -0.05) is 72.0 Å². The number of benzene rings is 3. The van der Waals surface area contributed by atoms with E-state index in [4.69, 9.17) is 9.47 Å². The van der Waals surface area contributed by atoms with Crippen LogP contribution in [0.25, 0.3) is 10.2 Å². The number of hydrogen-bond acceptors (Lipinski definition) is 7. The van der Waals surface area contributed by atoms with Crippen LogP contribution in [-0.2, 0) is 9.47 Å². The number of thiazole rings is 1. The van der Waals surface area contributed by atoms with Crippen LogP contribution in [0.5, 0.6) is 0 Å². The van der Waals surface area contributed by atoms with Gasteiger partial charge >= 0.3 is 12.0 Å². The Kier molecular flexibility index (Phi) is 9.96. The Bertz CT molecular complexity index is 1380. The highest BCUT2D eigenvalue weighted by Gasteiger charge is 2.22. The number of nitrogens with zero attached hydrogens (tertiary/aromatic N) is 3. The van der Waals surface area contributed by atoms with Gasteiger partial charge in [0.05, 0.1) is 35.6 Å². The third kappa shape index (κ3) is 7.70. The molecule has 1 N–H and O–H groups in total. The van der Waals surface area contributed by atoms with Crippen molar-refractivity contribution < 1.29 is 19.1 Å². The number of anilines is 1. The maximum Gasteiger partial charge on any atom is 0.338 e. The first-order valence-corrected chi connectivity index (χ1v) is 15.0. The molecule has 1 aliphatic rings. The second-order valence-electron chi connectivity index (χ2n) is 9.96. The van der Waals surface area contributed by atoms with Crippen molar-refractivity contribution in [2.75, 3.05) is 57.9 Å². The number of nitrogens with one attached hydrogen (secondary N) is 1. The molecule has 214 valence electrons. The summed E-state index contributed by atoms with van der Waals surface area (Å²) in [6.07, 6.45) is 0.785. The fraction of sp³-hybridized carbons (Fsp3) is 0.344. The molecule has 3 aromatic carbocycles. The average Bonchev–Trinajstić information content (AvgIpc) is 3.42. The molecule has 5 rings (SSSR count). The molecule has 0 spiro atoms. The van der Waals surface area contributed by atoms with E-state index in [0.29, 0.717) is 30.4 Å². The van der Waals surface area contributed by atoms with E-state index in [2.05, 4.69) is 63.7 Å². The zero-order chi connectivity index (χ0) is 28.4. The zero-order valence-corrected chi connectivity index (χ0v) is 24.1. The van der Waals surface area contributed by atoms with Gasteiger partial charge in [-0.3, -0.25) is 10.2 Å². The Hall–Kier alpha value is -3.79. The van der Waals surface area contributed by atoms with Crippen LogP contribution in [0.2, 0.25) is 0 Å². The highest BCUT2D eigenvalue weighted by molar-refractivity contribution is 7.22. The number of carbonyl (C=O) groups is 2. The Morgan fingerprint density at radius 3 is 2.34 bits per heavy atom. The van der Waals surface area contributed by atoms with Gasteiger partial charge in [-0.05, 0) is 42.7 Å². The van der Waals surface area contributed by atoms with Crippen molar-refractivity contribution in [1.82, 2.24) is 14.8 Å². The third-order valence-electron chi connectivity index (χ3n) is 7.28. The lowest BCUT2D eigenvalue weighted by Crippen LogP contribution is -2.44. The monoisotopic (exact) mass is 572 g/mol. The minimum absolute atomic E-state index is 0.167. The van der Waals surface area contributed by atoms with Gasteiger partial charge in [-0.15, -0.1) is 0 Å². The van der Waals surface area contributed by atoms with Crippen molar-refractivity contribution in [2.24, 2.45) is 0 Å². The van der Waals surface area contributed by atoms with E-state index in [1.807, 2.05) is 17.0 Å². The van der Waals surface area contributed by atoms with Crippen molar-refractivity contribution in [3.63, 3.8) is 0 Å². The molecule has 8 nitrogen and oxygen atoms in total. The molecule has 1 aromatic heterocycles. The van der Waals surface area contributed by atoms with E-state index in [-0.39, 0.29) is 17.9 Å². The molecule has 41 heavy (non-hydrogen) atoms. The lowest BCUT2D eigenvalue weighted by molar-refractivity contribution is 0.0351. The van der Waals surface area contributed by atoms with Gasteiger partial charge in [-0.25, -0.2) is 14.6 Å². The summed E-state index contributed by atoms with van der Waals surface area (Å²) in [6, 6.07) is 26.0. The van der Waals surface area contributed by atoms with Gasteiger partial charge in [0.1, 0.15) is 0 Å². The summed E-state index contributed by atoms with van der Waals surface area (Å²) in [7, 11) is 0. The quantitative estimate of drug-likeness (QED) is 0.227. The maximum absolute atomic E-state index is 13.7. The van der Waals surface area contributed by atoms with Gasteiger partial charge < -0.3 is 14.4 Å². The molecule has 2 heterocycles. The number of fused-ring (bicyclic) bond motifs is 1. The van der Waals surface area contributed by atoms with Gasteiger partial charge in [-0.2, -0.15) is 0 Å². The highest BCUT2D eigenvalue weighted by atomic mass is 32.1. The third-order valence-corrected chi connectivity index (χ3v) is 8.22. The van der Waals surface area contributed by atoms with E-state index < -0.39 is 0 Å². The first kappa shape index (κ1) is 28.7. The number of amides is 2. The lowest BCUT2D eigenvalue weighted by atomic mass is 9.88. The highest BCUT2D eigenvalue weighted by Crippen LogP contribution is 2.29. The van der Waals surface area contributed by atoms with Gasteiger partial charge in [0.25, 0.3) is 0 Å². The van der Waals surface area contributed by atoms with Gasteiger partial charge in [0.15, 0.2) is 5.13 Å². The lowest BCUT2D eigenvalue weighted by Gasteiger charge is -2.31. The second kappa shape index (κ2) is 14.2. The summed E-state index contributed by atoms with van der Waals surface area (Å²) in [5, 5.41) is 3.54. The fourth-order valence-corrected chi connectivity index (χ4v) is 5.97. The van der Waals surface area contributed by atoms with Crippen LogP contribution in [0.4, 0.5) is 9.93 Å². The topological polar surface area (TPSA) is 84.0 Å². The summed E-state index contributed by atoms with van der Waals surface area (Å²) < 4.78 is 11.4. The van der Waals surface area contributed by atoms with E-state index >= 15 is 0 Å². The van der Waals surface area contributed by atoms with Crippen LogP contribution in [-0.4, -0.2) is 79.3 Å². The molecule has 9 heteroatoms. The molecule has 0 radical (unpaired) electrons. The molecular weight excluding hydrogens is 536 g/mol. The van der Waals surface area contributed by atoms with Crippen LogP contribution >= 0.6 is 11.3 Å². The molecule has 1 aliphatic heterocycles. The first-order chi connectivity index (χ1) is 20.1. The van der Waals surface area contributed by atoms with E-state index in [9.17, 15) is 9.59 Å². The van der Waals surface area contributed by atoms with Gasteiger partial charge in [0, 0.05) is 38.6 Å². The molecule has 4 aromatic rings. The Balaban J connectivity index is 1.32. The number of urea groups is 1. The van der Waals surface area contributed by atoms with Crippen LogP contribution in [0.1, 0.15) is 40.7 Å². The minimum atomic E-state index is -0.367. The molecule has 1 fully saturated rings. The minimum Gasteiger partial charge on any atom is -0.462 e. The molecule has 0 saturated carbocycles. The number of morpholine rings is 1. The Morgan fingerprint density at radius 2 is 1.68 bits per heavy atom. The van der Waals surface area contributed by atoms with Crippen LogP contribution in [0.3, 0.4) is 0 Å². The first-order valence-electron chi connectivity index (χ1n) is 14.1. The van der Waals surface area contributed by atoms with Crippen LogP contribution < -0.4 is 5.32 Å². The number of ether oxygens (including phenoxy) is 2. The predicted octanol–water partition coefficient (Wildman–Crippen LogP) is 5.86. The average molecular weight is 573 g/mol. The van der Waals surface area contributed by atoms with Gasteiger partial charge in [0.2, 0.25) is 0 Å². The summed E-state index contributed by atoms with van der Waals surface area (Å²) in [4.78, 5) is 34.7. The van der Waals surface area contributed by atoms with E-state index in [0.717, 1.165) is 49.5 Å². The zero-order valence-electron chi connectivity index (χ0n) is 23.3. The molecular formula is C32H36N4O4S. The summed E-state index contributed by atoms with van der Waals surface area (Å²) in [6.45, 7) is 7.23. The van der Waals surface area contributed by atoms with Crippen LogP contribution in [0, 0.1) is 0 Å². The second-order valence-corrected chi connectivity index (χ2v) is 11.0. The number of aromatic nitrogens is 1. The molecule has 0 bridgehead atoms. The molecule has 1 saturated heterocycles. The van der Waals surface area contributed by atoms with Crippen molar-refractivity contribution in [2.45, 2.75) is 19.3 Å². The van der Waals surface area contributed by atoms with E-state index in [1.165, 1.54) is 22.5 Å². The Labute approximate surface area is 244 Å². The van der Waals surface area contributed by atoms with Crippen molar-refractivity contribution in [1.29, 1.82) is 0 Å². The molecule has 0 atom stereocenters. The SMILES string of the molecule is CCOC(=O)c1ccc2nc(NC(=O)N(CCC(c3ccccc3)c3ccccc3)CCN3CCOCC3)sc2c1. The Morgan fingerprint density at radius 1 is 1.00 bits per heavy atom. The number of rotatable bonds is 11. The summed E-state index contributed by atoms with van der Waals surface area (Å²) in [5.41, 5.74) is 3.67. The van der Waals surface area contributed by atoms with Crippen molar-refractivity contribution in [3.8, 4) is 0 Å². The predicted molar refractivity (Wildman–Crippen MR) is 163 cm³/mol. The number of carbonyl (C=O) groups excluding carboxylic acids is 2. The summed E-state index contributed by atoms with van der Waals surface area (Å²) >= 11 is 1.35. The van der Waals surface area contributed by atoms with Crippen LogP contribution in [0.15, 0.2) is 78.9 Å². The standard InChI is InChI=1S/C32H36N4O4S/c1-2-40-30(37)26-13-14-28-29(23-26)41-31(33-28)34-32(38)36(18-17-35-19-21-39-22-20-35)16-15-27(24-9-5-3-6-10-24)25-11-7-4-8-12-25/h3-14,23,27H,2,15-22H2,1H3,(H,33,34,38). The molecule has 0 unspecified atom stereocenters. The normalized spacial score (nSPS) is 13.8. The number of esters is 1. The number of hydrogen-bond donors (Lipinski definition) is 1. The molecule has 0 aliphatic carbocycles. The largest absolute Gasteiger partial charge is 0.462 e. The smallest absolute Gasteiger partial charge is 0.338 e. The maximum atomic E-state index is 13.7. The molecule has 2 amide bonds.